The van der Waals surface area contributed by atoms with Gasteiger partial charge in [-0.05, 0) is 32.6 Å². The van der Waals surface area contributed by atoms with E-state index in [1.165, 1.54) is 12.8 Å². The van der Waals surface area contributed by atoms with E-state index < -0.39 is 6.04 Å². The third-order valence-corrected chi connectivity index (χ3v) is 6.96. The number of carbonyl (C=O) groups excluding carboxylic acids is 2. The molecule has 0 aliphatic carbocycles. The van der Waals surface area contributed by atoms with Crippen molar-refractivity contribution in [1.82, 2.24) is 4.90 Å². The van der Waals surface area contributed by atoms with Crippen LogP contribution in [-0.2, 0) is 19.1 Å². The molecule has 0 N–H and O–H groups in total. The van der Waals surface area contributed by atoms with E-state index in [0.717, 1.165) is 37.3 Å². The van der Waals surface area contributed by atoms with Crippen LogP contribution in [-0.4, -0.2) is 65.5 Å². The quantitative estimate of drug-likeness (QED) is 0.208. The highest BCUT2D eigenvalue weighted by atomic mass is 32.2. The average molecular weight is 471 g/mol. The van der Waals surface area contributed by atoms with Gasteiger partial charge in [-0.15, -0.1) is 11.8 Å². The van der Waals surface area contributed by atoms with E-state index in [-0.39, 0.29) is 24.0 Å². The fourth-order valence-electron chi connectivity index (χ4n) is 4.00. The van der Waals surface area contributed by atoms with Gasteiger partial charge in [0, 0.05) is 37.8 Å². The predicted octanol–water partition coefficient (Wildman–Crippen LogP) is 5.48. The van der Waals surface area contributed by atoms with Crippen molar-refractivity contribution in [1.29, 1.82) is 0 Å². The fourth-order valence-corrected chi connectivity index (χ4v) is 5.09. The maximum atomic E-state index is 13.2. The molecule has 1 aliphatic rings. The van der Waals surface area contributed by atoms with Crippen molar-refractivity contribution >= 4 is 28.7 Å². The molecule has 0 saturated heterocycles. The minimum absolute atomic E-state index is 0.0856. The van der Waals surface area contributed by atoms with Gasteiger partial charge in [0.15, 0.2) is 6.04 Å². The molecule has 0 spiro atoms. The Kier molecular flexibility index (Phi) is 14.9. The second-order valence-corrected chi connectivity index (χ2v) is 9.83. The zero-order valence-electron chi connectivity index (χ0n) is 21.2. The summed E-state index contributed by atoms with van der Waals surface area (Å²) in [5.41, 5.74) is 0. The maximum absolute atomic E-state index is 13.2. The first-order chi connectivity index (χ1) is 15.4. The SMILES string of the molecule is CCCCCCN(C(=O)CCCC)C(CC(OCC)C1=NC(C(=O)OCC)CS1)C(C)C. The summed E-state index contributed by atoms with van der Waals surface area (Å²) < 4.78 is 11.3. The monoisotopic (exact) mass is 470 g/mol. The Balaban J connectivity index is 3.01. The third-order valence-electron chi connectivity index (χ3n) is 5.82. The molecule has 6 nitrogen and oxygen atoms in total. The second kappa shape index (κ2) is 16.5. The lowest BCUT2D eigenvalue weighted by Crippen LogP contribution is -2.46. The number of aliphatic imine (C=N–C) groups is 1. The van der Waals surface area contributed by atoms with Crippen molar-refractivity contribution in [2.45, 2.75) is 111 Å². The summed E-state index contributed by atoms with van der Waals surface area (Å²) in [4.78, 5) is 32.1. The van der Waals surface area contributed by atoms with E-state index in [0.29, 0.717) is 37.7 Å². The Bertz CT molecular complexity index is 582. The van der Waals surface area contributed by atoms with Crippen LogP contribution in [0.3, 0.4) is 0 Å². The summed E-state index contributed by atoms with van der Waals surface area (Å²) in [5, 5.41) is 0.863. The summed E-state index contributed by atoms with van der Waals surface area (Å²) in [6.07, 6.45) is 7.63. The second-order valence-electron chi connectivity index (χ2n) is 8.79. The first-order valence-electron chi connectivity index (χ1n) is 12.7. The van der Waals surface area contributed by atoms with Gasteiger partial charge >= 0.3 is 5.97 Å². The van der Waals surface area contributed by atoms with Crippen LogP contribution in [0.4, 0.5) is 0 Å². The number of amides is 1. The lowest BCUT2D eigenvalue weighted by atomic mass is 9.95. The molecule has 1 aliphatic heterocycles. The number of hydrogen-bond donors (Lipinski definition) is 0. The largest absolute Gasteiger partial charge is 0.464 e. The van der Waals surface area contributed by atoms with E-state index in [9.17, 15) is 9.59 Å². The topological polar surface area (TPSA) is 68.2 Å². The molecule has 1 amide bonds. The summed E-state index contributed by atoms with van der Waals surface area (Å²) in [6, 6.07) is -0.366. The lowest BCUT2D eigenvalue weighted by Gasteiger charge is -2.37. The molecular formula is C25H46N2O4S. The summed E-state index contributed by atoms with van der Waals surface area (Å²) in [6.45, 7) is 14.2. The zero-order valence-corrected chi connectivity index (χ0v) is 22.0. The number of esters is 1. The van der Waals surface area contributed by atoms with Gasteiger partial charge in [-0.25, -0.2) is 4.79 Å². The molecule has 0 radical (unpaired) electrons. The highest BCUT2D eigenvalue weighted by Crippen LogP contribution is 2.28. The van der Waals surface area contributed by atoms with Crippen molar-refractivity contribution in [3.63, 3.8) is 0 Å². The molecular weight excluding hydrogens is 424 g/mol. The van der Waals surface area contributed by atoms with Crippen LogP contribution in [0.1, 0.15) is 92.9 Å². The van der Waals surface area contributed by atoms with E-state index in [2.05, 4.69) is 37.6 Å². The van der Waals surface area contributed by atoms with E-state index in [1.807, 2.05) is 13.8 Å². The van der Waals surface area contributed by atoms with E-state index in [1.54, 1.807) is 11.8 Å². The van der Waals surface area contributed by atoms with Gasteiger partial charge in [-0.2, -0.15) is 0 Å². The van der Waals surface area contributed by atoms with Crippen molar-refractivity contribution in [3.8, 4) is 0 Å². The first kappa shape index (κ1) is 29.0. The Morgan fingerprint density at radius 2 is 1.78 bits per heavy atom. The molecule has 0 aromatic carbocycles. The molecule has 7 heteroatoms. The van der Waals surface area contributed by atoms with Crippen molar-refractivity contribution in [3.05, 3.63) is 0 Å². The molecule has 0 saturated carbocycles. The third kappa shape index (κ3) is 9.82. The summed E-state index contributed by atoms with van der Waals surface area (Å²) >= 11 is 1.59. The van der Waals surface area contributed by atoms with Crippen molar-refractivity contribution in [2.75, 3.05) is 25.5 Å². The van der Waals surface area contributed by atoms with E-state index >= 15 is 0 Å². The van der Waals surface area contributed by atoms with Gasteiger partial charge in [-0.1, -0.05) is 53.4 Å². The Morgan fingerprint density at radius 3 is 2.38 bits per heavy atom. The van der Waals surface area contributed by atoms with Crippen LogP contribution in [0.5, 0.6) is 0 Å². The number of nitrogens with zero attached hydrogens (tertiary/aromatic N) is 2. The van der Waals surface area contributed by atoms with Crippen LogP contribution in [0.25, 0.3) is 0 Å². The number of ether oxygens (including phenoxy) is 2. The number of carbonyl (C=O) groups is 2. The van der Waals surface area contributed by atoms with Gasteiger partial charge in [-0.3, -0.25) is 9.79 Å². The Labute approximate surface area is 200 Å². The average Bonchev–Trinajstić information content (AvgIpc) is 3.26. The smallest absolute Gasteiger partial charge is 0.331 e. The van der Waals surface area contributed by atoms with Crippen molar-refractivity contribution in [2.24, 2.45) is 10.9 Å². The number of rotatable bonds is 17. The zero-order chi connectivity index (χ0) is 23.9. The fraction of sp³-hybridized carbons (Fsp3) is 0.880. The van der Waals surface area contributed by atoms with Gasteiger partial charge < -0.3 is 14.4 Å². The number of thioether (sulfide) groups is 1. The standard InChI is InChI=1S/C25H46N2O4S/c1-7-11-13-14-16-27(23(28)15-12-8-2)21(19(5)6)17-22(30-9-3)24-26-20(18-32-24)25(29)31-10-4/h19-22H,7-18H2,1-6H3. The molecule has 0 aromatic heterocycles. The molecule has 0 bridgehead atoms. The van der Waals surface area contributed by atoms with Gasteiger partial charge in [0.05, 0.1) is 11.7 Å². The summed E-state index contributed by atoms with van der Waals surface area (Å²) in [7, 11) is 0. The van der Waals surface area contributed by atoms with Gasteiger partial charge in [0.1, 0.15) is 6.10 Å². The van der Waals surface area contributed by atoms with Gasteiger partial charge in [0.25, 0.3) is 0 Å². The van der Waals surface area contributed by atoms with Crippen LogP contribution in [0, 0.1) is 5.92 Å². The molecule has 3 unspecified atom stereocenters. The minimum atomic E-state index is -0.452. The minimum Gasteiger partial charge on any atom is -0.464 e. The van der Waals surface area contributed by atoms with Crippen LogP contribution < -0.4 is 0 Å². The molecule has 32 heavy (non-hydrogen) atoms. The lowest BCUT2D eigenvalue weighted by molar-refractivity contribution is -0.143. The Hall–Kier alpha value is -1.08. The molecule has 1 rings (SSSR count). The molecule has 1 heterocycles. The number of hydrogen-bond acceptors (Lipinski definition) is 6. The van der Waals surface area contributed by atoms with Crippen molar-refractivity contribution < 1.29 is 19.1 Å². The molecule has 3 atom stereocenters. The number of unbranched alkanes of at least 4 members (excludes halogenated alkanes) is 4. The summed E-state index contributed by atoms with van der Waals surface area (Å²) in [5.74, 6) is 0.892. The van der Waals surface area contributed by atoms with Crippen LogP contribution in [0.15, 0.2) is 4.99 Å². The first-order valence-corrected chi connectivity index (χ1v) is 13.7. The van der Waals surface area contributed by atoms with Crippen LogP contribution >= 0.6 is 11.8 Å². The van der Waals surface area contributed by atoms with Crippen LogP contribution in [0.2, 0.25) is 0 Å². The predicted molar refractivity (Wildman–Crippen MR) is 134 cm³/mol. The normalized spacial score (nSPS) is 17.8. The Morgan fingerprint density at radius 1 is 1.06 bits per heavy atom. The highest BCUT2D eigenvalue weighted by Gasteiger charge is 2.35. The van der Waals surface area contributed by atoms with Gasteiger partial charge in [0.2, 0.25) is 5.91 Å². The maximum Gasteiger partial charge on any atom is 0.331 e. The molecule has 0 aromatic rings. The highest BCUT2D eigenvalue weighted by molar-refractivity contribution is 8.14. The molecule has 0 fully saturated rings. The van der Waals surface area contributed by atoms with E-state index in [4.69, 9.17) is 9.47 Å². The molecule has 186 valence electrons.